The average molecular weight is 696 g/mol. The van der Waals surface area contributed by atoms with E-state index in [0.717, 1.165) is 10.7 Å². The second-order valence-electron chi connectivity index (χ2n) is 7.99. The predicted molar refractivity (Wildman–Crippen MR) is 150 cm³/mol. The molecule has 2 aromatic heterocycles. The predicted octanol–water partition coefficient (Wildman–Crippen LogP) is 6.79. The van der Waals surface area contributed by atoms with Crippen LogP contribution < -0.4 is 15.0 Å². The summed E-state index contributed by atoms with van der Waals surface area (Å²) in [7, 11) is 1.47. The maximum atomic E-state index is 13.3. The Balaban J connectivity index is 1.76. The fourth-order valence-electron chi connectivity index (χ4n) is 3.36. The molecule has 0 bridgehead atoms. The lowest BCUT2D eigenvalue weighted by Crippen LogP contribution is -2.23. The Morgan fingerprint density at radius 1 is 1.14 bits per heavy atom. The second-order valence-corrected chi connectivity index (χ2v) is 10.5. The number of hydrogen-bond acceptors (Lipinski definition) is 8. The molecular weight excluding hydrogens is 678 g/mol. The van der Waals surface area contributed by atoms with Crippen molar-refractivity contribution < 1.29 is 14.4 Å². The quantitative estimate of drug-likeness (QED) is 0.119. The third-order valence-corrected chi connectivity index (χ3v) is 7.81. The van der Waals surface area contributed by atoms with Crippen molar-refractivity contribution in [1.82, 2.24) is 14.6 Å². The minimum absolute atomic E-state index is 0.0624. The van der Waals surface area contributed by atoms with E-state index in [1.807, 2.05) is 19.9 Å². The van der Waals surface area contributed by atoms with Crippen LogP contribution in [0.25, 0.3) is 10.9 Å². The van der Waals surface area contributed by atoms with Gasteiger partial charge in [-0.15, -0.1) is 0 Å². The van der Waals surface area contributed by atoms with Crippen LogP contribution in [0.1, 0.15) is 31.2 Å². The molecule has 0 atom stereocenters. The highest BCUT2D eigenvalue weighted by Gasteiger charge is 2.19. The van der Waals surface area contributed by atoms with E-state index in [1.54, 1.807) is 18.2 Å². The number of pyridine rings is 1. The van der Waals surface area contributed by atoms with Crippen LogP contribution in [0, 0.1) is 10.1 Å². The zero-order chi connectivity index (χ0) is 26.9. The molecule has 190 valence electrons. The van der Waals surface area contributed by atoms with Gasteiger partial charge in [-0.25, -0.2) is 9.97 Å². The summed E-state index contributed by atoms with van der Waals surface area (Å²) in [6, 6.07) is 9.69. The van der Waals surface area contributed by atoms with Crippen LogP contribution >= 0.6 is 47.8 Å². The summed E-state index contributed by atoms with van der Waals surface area (Å²) in [5.74, 6) is 1.23. The van der Waals surface area contributed by atoms with Gasteiger partial charge in [0, 0.05) is 32.6 Å². The van der Waals surface area contributed by atoms with Gasteiger partial charge in [-0.2, -0.15) is 9.78 Å². The highest BCUT2D eigenvalue weighted by atomic mass is 79.9. The van der Waals surface area contributed by atoms with E-state index in [2.05, 4.69) is 62.9 Å². The summed E-state index contributed by atoms with van der Waals surface area (Å²) in [5.41, 5.74) is 0.731. The van der Waals surface area contributed by atoms with E-state index >= 15 is 0 Å². The van der Waals surface area contributed by atoms with Gasteiger partial charge in [-0.05, 0) is 56.1 Å². The molecule has 37 heavy (non-hydrogen) atoms. The highest BCUT2D eigenvalue weighted by Crippen LogP contribution is 2.44. The Morgan fingerprint density at radius 3 is 2.51 bits per heavy atom. The van der Waals surface area contributed by atoms with Crippen LogP contribution in [-0.2, 0) is 0 Å². The number of halogens is 3. The molecule has 0 fully saturated rings. The summed E-state index contributed by atoms with van der Waals surface area (Å²) in [5, 5.41) is 15.8. The third kappa shape index (κ3) is 5.58. The van der Waals surface area contributed by atoms with Crippen LogP contribution in [0.15, 0.2) is 65.9 Å². The lowest BCUT2D eigenvalue weighted by molar-refractivity contribution is -0.385. The molecule has 4 aromatic rings. The Hall–Kier alpha value is -3.16. The van der Waals surface area contributed by atoms with Gasteiger partial charge in [-0.1, -0.05) is 29.8 Å². The van der Waals surface area contributed by atoms with Crippen molar-refractivity contribution in [2.24, 2.45) is 5.10 Å². The summed E-state index contributed by atoms with van der Waals surface area (Å²) in [6.45, 7) is 3.87. The number of benzene rings is 2. The molecule has 0 amide bonds. The molecule has 0 saturated carbocycles. The number of hydrogen-bond donors (Lipinski definition) is 0. The molecule has 0 saturated heterocycles. The molecule has 4 rings (SSSR count). The molecular formula is C24H18Br3N5O5. The number of ether oxygens (including phenoxy) is 2. The molecule has 13 heteroatoms. The van der Waals surface area contributed by atoms with E-state index in [4.69, 9.17) is 9.47 Å². The second kappa shape index (κ2) is 11.1. The van der Waals surface area contributed by atoms with Gasteiger partial charge in [0.1, 0.15) is 12.0 Å². The first-order valence-electron chi connectivity index (χ1n) is 10.7. The van der Waals surface area contributed by atoms with E-state index in [0.29, 0.717) is 42.7 Å². The Bertz CT molecular complexity index is 1600. The fourth-order valence-corrected chi connectivity index (χ4v) is 4.63. The first-order chi connectivity index (χ1) is 17.6. The van der Waals surface area contributed by atoms with Crippen molar-refractivity contribution in [3.05, 3.63) is 87.9 Å². The van der Waals surface area contributed by atoms with Crippen LogP contribution in [0.4, 0.5) is 5.69 Å². The van der Waals surface area contributed by atoms with E-state index in [-0.39, 0.29) is 23.0 Å². The Kier molecular flexibility index (Phi) is 8.05. The molecule has 0 N–H and O–H groups in total. The Labute approximate surface area is 235 Å². The largest absolute Gasteiger partial charge is 0.493 e. The van der Waals surface area contributed by atoms with E-state index in [1.165, 1.54) is 30.1 Å². The van der Waals surface area contributed by atoms with Crippen molar-refractivity contribution in [3.8, 4) is 17.4 Å². The highest BCUT2D eigenvalue weighted by molar-refractivity contribution is 9.13. The topological polar surface area (TPSA) is 122 Å². The standard InChI is InChI=1S/C24H18Br3N5O5/c1-12(2)23-30-17-6-4-14(25)9-16(17)24(33)31(23)29-10-13-8-18(36-3)22(21(27)20(13)26)37-19-7-5-15(11-28-19)32(34)35/h4-12H,1-3H3. The molecule has 10 nitrogen and oxygen atoms in total. The number of aromatic nitrogens is 3. The zero-order valence-corrected chi connectivity index (χ0v) is 24.4. The fraction of sp³-hybridized carbons (Fsp3) is 0.167. The van der Waals surface area contributed by atoms with Gasteiger partial charge in [0.05, 0.1) is 33.6 Å². The van der Waals surface area contributed by atoms with Gasteiger partial charge in [0.15, 0.2) is 11.5 Å². The van der Waals surface area contributed by atoms with Crippen molar-refractivity contribution in [1.29, 1.82) is 0 Å². The van der Waals surface area contributed by atoms with E-state index < -0.39 is 4.92 Å². The first-order valence-corrected chi connectivity index (χ1v) is 13.1. The molecule has 2 heterocycles. The number of nitrogens with zero attached hydrogens (tertiary/aromatic N) is 5. The maximum absolute atomic E-state index is 13.3. The van der Waals surface area contributed by atoms with Crippen LogP contribution in [0.5, 0.6) is 17.4 Å². The van der Waals surface area contributed by atoms with Gasteiger partial charge in [0.2, 0.25) is 5.88 Å². The SMILES string of the molecule is COc1cc(C=Nn2c(C(C)C)nc3ccc(Br)cc3c2=O)c(Br)c(Br)c1Oc1ccc([N+](=O)[O-])cn1. The lowest BCUT2D eigenvalue weighted by atomic mass is 10.2. The molecule has 0 aliphatic carbocycles. The number of fused-ring (bicyclic) bond motifs is 1. The number of methoxy groups -OCH3 is 1. The maximum Gasteiger partial charge on any atom is 0.287 e. The third-order valence-electron chi connectivity index (χ3n) is 5.18. The molecule has 0 radical (unpaired) electrons. The van der Waals surface area contributed by atoms with Crippen molar-refractivity contribution in [3.63, 3.8) is 0 Å². The molecule has 0 spiro atoms. The van der Waals surface area contributed by atoms with Crippen molar-refractivity contribution >= 4 is 70.6 Å². The minimum atomic E-state index is -0.544. The summed E-state index contributed by atoms with van der Waals surface area (Å²) >= 11 is 10.4. The van der Waals surface area contributed by atoms with Crippen LogP contribution in [-0.4, -0.2) is 32.9 Å². The van der Waals surface area contributed by atoms with Crippen molar-refractivity contribution in [2.45, 2.75) is 19.8 Å². The smallest absolute Gasteiger partial charge is 0.287 e. The Morgan fingerprint density at radius 2 is 1.89 bits per heavy atom. The summed E-state index contributed by atoms with van der Waals surface area (Å²) in [4.78, 5) is 32.3. The lowest BCUT2D eigenvalue weighted by Gasteiger charge is -2.15. The summed E-state index contributed by atoms with van der Waals surface area (Å²) in [6.07, 6.45) is 2.62. The molecule has 0 aliphatic rings. The van der Waals surface area contributed by atoms with Gasteiger partial charge < -0.3 is 9.47 Å². The zero-order valence-electron chi connectivity index (χ0n) is 19.6. The number of nitro groups is 1. The van der Waals surface area contributed by atoms with Crippen LogP contribution in [0.3, 0.4) is 0 Å². The molecule has 0 aliphatic heterocycles. The van der Waals surface area contributed by atoms with Crippen molar-refractivity contribution in [2.75, 3.05) is 7.11 Å². The van der Waals surface area contributed by atoms with Gasteiger partial charge in [0.25, 0.3) is 11.2 Å². The van der Waals surface area contributed by atoms with Gasteiger partial charge in [-0.3, -0.25) is 14.9 Å². The minimum Gasteiger partial charge on any atom is -0.493 e. The first kappa shape index (κ1) is 26.9. The normalized spacial score (nSPS) is 11.4. The van der Waals surface area contributed by atoms with Gasteiger partial charge >= 0.3 is 0 Å². The molecule has 2 aromatic carbocycles. The molecule has 0 unspecified atom stereocenters. The number of rotatable bonds is 7. The summed E-state index contributed by atoms with van der Waals surface area (Å²) < 4.78 is 14.5. The van der Waals surface area contributed by atoms with E-state index in [9.17, 15) is 14.9 Å². The monoisotopic (exact) mass is 693 g/mol. The van der Waals surface area contributed by atoms with Crippen LogP contribution in [0.2, 0.25) is 0 Å². The average Bonchev–Trinajstić information content (AvgIpc) is 2.87.